The third-order valence-electron chi connectivity index (χ3n) is 4.18. The van der Waals surface area contributed by atoms with Gasteiger partial charge in [0.2, 0.25) is 6.79 Å². The summed E-state index contributed by atoms with van der Waals surface area (Å²) in [5.41, 5.74) is -0.382. The Labute approximate surface area is 163 Å². The van der Waals surface area contributed by atoms with E-state index in [4.69, 9.17) is 14.2 Å². The zero-order valence-corrected chi connectivity index (χ0v) is 15.3. The van der Waals surface area contributed by atoms with Crippen LogP contribution in [0.4, 0.5) is 14.5 Å². The molecule has 1 N–H and O–H groups in total. The second-order valence-corrected chi connectivity index (χ2v) is 5.96. The van der Waals surface area contributed by atoms with Gasteiger partial charge in [-0.25, -0.2) is 0 Å². The molecule has 0 fully saturated rings. The fraction of sp³-hybridized carbons (Fsp3) is 0.278. The van der Waals surface area contributed by atoms with E-state index in [0.717, 1.165) is 19.2 Å². The zero-order valence-electron chi connectivity index (χ0n) is 15.3. The highest BCUT2D eigenvalue weighted by atomic mass is 19.3. The largest absolute Gasteiger partial charge is 0.493 e. The van der Waals surface area contributed by atoms with Crippen molar-refractivity contribution in [3.63, 3.8) is 0 Å². The Balaban J connectivity index is 1.88. The number of amides is 1. The summed E-state index contributed by atoms with van der Waals surface area (Å²) >= 11 is 0. The van der Waals surface area contributed by atoms with Crippen molar-refractivity contribution < 1.29 is 37.4 Å². The summed E-state index contributed by atoms with van der Waals surface area (Å²) in [4.78, 5) is 23.2. The molecule has 2 aromatic carbocycles. The van der Waals surface area contributed by atoms with Crippen LogP contribution in [-0.4, -0.2) is 31.3 Å². The first-order valence-electron chi connectivity index (χ1n) is 8.31. The third-order valence-corrected chi connectivity index (χ3v) is 4.18. The van der Waals surface area contributed by atoms with Gasteiger partial charge in [0.05, 0.1) is 24.1 Å². The predicted octanol–water partition coefficient (Wildman–Crippen LogP) is 3.42. The van der Waals surface area contributed by atoms with Crippen molar-refractivity contribution in [1.29, 1.82) is 0 Å². The number of benzene rings is 2. The number of halogens is 2. The van der Waals surface area contributed by atoms with Crippen LogP contribution in [-0.2, 0) is 0 Å². The molecular weight excluding hydrogens is 394 g/mol. The maximum atomic E-state index is 12.7. The molecule has 1 unspecified atom stereocenters. The van der Waals surface area contributed by atoms with Gasteiger partial charge in [-0.05, 0) is 24.6 Å². The summed E-state index contributed by atoms with van der Waals surface area (Å²) < 4.78 is 44.7. The van der Waals surface area contributed by atoms with Crippen molar-refractivity contribution in [3.05, 3.63) is 51.6 Å². The van der Waals surface area contributed by atoms with Crippen LogP contribution in [0, 0.1) is 10.1 Å². The van der Waals surface area contributed by atoms with Gasteiger partial charge < -0.3 is 24.3 Å². The van der Waals surface area contributed by atoms with Gasteiger partial charge in [-0.1, -0.05) is 6.07 Å². The number of nitrogens with one attached hydrogen (secondary N) is 1. The van der Waals surface area contributed by atoms with Crippen molar-refractivity contribution in [2.75, 3.05) is 13.9 Å². The molecule has 1 heterocycles. The van der Waals surface area contributed by atoms with Crippen molar-refractivity contribution in [2.45, 2.75) is 19.6 Å². The highest BCUT2D eigenvalue weighted by Crippen LogP contribution is 2.37. The van der Waals surface area contributed by atoms with Crippen molar-refractivity contribution in [1.82, 2.24) is 5.32 Å². The van der Waals surface area contributed by atoms with Crippen LogP contribution in [0.5, 0.6) is 23.0 Å². The van der Waals surface area contributed by atoms with E-state index in [2.05, 4.69) is 10.1 Å². The Morgan fingerprint density at radius 1 is 1.21 bits per heavy atom. The Bertz CT molecular complexity index is 952. The number of rotatable bonds is 7. The average molecular weight is 410 g/mol. The van der Waals surface area contributed by atoms with E-state index in [1.807, 2.05) is 0 Å². The minimum atomic E-state index is -3.21. The van der Waals surface area contributed by atoms with Crippen LogP contribution >= 0.6 is 0 Å². The van der Waals surface area contributed by atoms with Gasteiger partial charge in [0, 0.05) is 6.07 Å². The Hall–Kier alpha value is -3.63. The SMILES string of the molecule is COc1cc(C(=O)NC(C)c2ccc3c(c2)OCO3)c([N+](=O)[O-])cc1OC(F)F. The summed E-state index contributed by atoms with van der Waals surface area (Å²) in [6.45, 7) is -1.44. The Morgan fingerprint density at radius 2 is 1.93 bits per heavy atom. The minimum absolute atomic E-state index is 0.0958. The smallest absolute Gasteiger partial charge is 0.387 e. The Morgan fingerprint density at radius 3 is 2.59 bits per heavy atom. The van der Waals surface area contributed by atoms with Crippen molar-refractivity contribution in [2.24, 2.45) is 0 Å². The molecule has 0 aromatic heterocycles. The molecule has 11 heteroatoms. The van der Waals surface area contributed by atoms with Gasteiger partial charge in [0.15, 0.2) is 23.0 Å². The number of ether oxygens (including phenoxy) is 4. The quantitative estimate of drug-likeness (QED) is 0.550. The molecule has 0 saturated carbocycles. The van der Waals surface area contributed by atoms with Gasteiger partial charge >= 0.3 is 6.61 Å². The van der Waals surface area contributed by atoms with Crippen LogP contribution in [0.25, 0.3) is 0 Å². The first-order chi connectivity index (χ1) is 13.8. The van der Waals surface area contributed by atoms with Gasteiger partial charge in [-0.15, -0.1) is 0 Å². The lowest BCUT2D eigenvalue weighted by molar-refractivity contribution is -0.385. The van der Waals surface area contributed by atoms with E-state index < -0.39 is 34.9 Å². The molecule has 29 heavy (non-hydrogen) atoms. The van der Waals surface area contributed by atoms with E-state index >= 15 is 0 Å². The zero-order chi connectivity index (χ0) is 21.1. The molecule has 1 amide bonds. The molecule has 0 spiro atoms. The summed E-state index contributed by atoms with van der Waals surface area (Å²) in [7, 11) is 1.16. The average Bonchev–Trinajstić information content (AvgIpc) is 3.14. The standard InChI is InChI=1S/C18H16F2N2O7/c1-9(10-3-4-13-15(5-10)28-8-27-13)21-17(23)11-6-14(26-2)16(29-18(19)20)7-12(11)22(24)25/h3-7,9,18H,8H2,1-2H3,(H,21,23). The molecule has 2 aromatic rings. The van der Waals surface area contributed by atoms with Gasteiger partial charge in [0.25, 0.3) is 11.6 Å². The molecular formula is C18H16F2N2O7. The van der Waals surface area contributed by atoms with Crippen LogP contribution in [0.3, 0.4) is 0 Å². The molecule has 1 aliphatic rings. The van der Waals surface area contributed by atoms with Crippen LogP contribution in [0.2, 0.25) is 0 Å². The Kier molecular flexibility index (Phi) is 5.66. The molecule has 0 radical (unpaired) electrons. The number of methoxy groups -OCH3 is 1. The number of alkyl halides is 2. The summed E-state index contributed by atoms with van der Waals surface area (Å²) in [5, 5.41) is 14.0. The third kappa shape index (κ3) is 4.28. The van der Waals surface area contributed by atoms with E-state index in [1.165, 1.54) is 0 Å². The minimum Gasteiger partial charge on any atom is -0.493 e. The molecule has 1 atom stereocenters. The molecule has 154 valence electrons. The van der Waals surface area contributed by atoms with Crippen LogP contribution in [0.1, 0.15) is 28.9 Å². The first-order valence-corrected chi connectivity index (χ1v) is 8.31. The van der Waals surface area contributed by atoms with Crippen LogP contribution in [0.15, 0.2) is 30.3 Å². The lowest BCUT2D eigenvalue weighted by Gasteiger charge is -2.16. The lowest BCUT2D eigenvalue weighted by atomic mass is 10.1. The summed E-state index contributed by atoms with van der Waals surface area (Å²) in [6.07, 6.45) is 0. The summed E-state index contributed by atoms with van der Waals surface area (Å²) in [5.74, 6) is -0.484. The molecule has 0 saturated heterocycles. The lowest BCUT2D eigenvalue weighted by Crippen LogP contribution is -2.27. The van der Waals surface area contributed by atoms with E-state index in [0.29, 0.717) is 17.1 Å². The van der Waals surface area contributed by atoms with Crippen molar-refractivity contribution >= 4 is 11.6 Å². The predicted molar refractivity (Wildman–Crippen MR) is 94.7 cm³/mol. The first kappa shape index (κ1) is 20.1. The number of hydrogen-bond donors (Lipinski definition) is 1. The van der Waals surface area contributed by atoms with Gasteiger partial charge in [-0.3, -0.25) is 14.9 Å². The molecule has 0 aliphatic carbocycles. The molecule has 1 aliphatic heterocycles. The number of nitrogens with zero attached hydrogens (tertiary/aromatic N) is 1. The maximum absolute atomic E-state index is 12.7. The topological polar surface area (TPSA) is 109 Å². The number of fused-ring (bicyclic) bond motifs is 1. The van der Waals surface area contributed by atoms with Gasteiger partial charge in [0.1, 0.15) is 5.56 Å². The van der Waals surface area contributed by atoms with Crippen molar-refractivity contribution in [3.8, 4) is 23.0 Å². The molecule has 0 bridgehead atoms. The molecule has 9 nitrogen and oxygen atoms in total. The molecule has 3 rings (SSSR count). The number of carbonyl (C=O) groups excluding carboxylic acids is 1. The maximum Gasteiger partial charge on any atom is 0.387 e. The van der Waals surface area contributed by atoms with E-state index in [-0.39, 0.29) is 18.1 Å². The monoisotopic (exact) mass is 410 g/mol. The highest BCUT2D eigenvalue weighted by molar-refractivity contribution is 5.99. The van der Waals surface area contributed by atoms with Crippen LogP contribution < -0.4 is 24.3 Å². The number of nitro benzene ring substituents is 1. The van der Waals surface area contributed by atoms with E-state index in [9.17, 15) is 23.7 Å². The number of hydrogen-bond acceptors (Lipinski definition) is 7. The second kappa shape index (κ2) is 8.17. The normalized spacial score (nSPS) is 13.1. The number of carbonyl (C=O) groups is 1. The fourth-order valence-electron chi connectivity index (χ4n) is 2.77. The van der Waals surface area contributed by atoms with Gasteiger partial charge in [-0.2, -0.15) is 8.78 Å². The second-order valence-electron chi connectivity index (χ2n) is 5.96. The fourth-order valence-corrected chi connectivity index (χ4v) is 2.77. The highest BCUT2D eigenvalue weighted by Gasteiger charge is 2.27. The number of nitro groups is 1. The summed E-state index contributed by atoms with van der Waals surface area (Å²) in [6, 6.07) is 6.25. The van der Waals surface area contributed by atoms with E-state index in [1.54, 1.807) is 25.1 Å².